The highest BCUT2D eigenvalue weighted by atomic mass is 16.7. The first-order valence-electron chi connectivity index (χ1n) is 6.67. The van der Waals surface area contributed by atoms with Crippen LogP contribution in [0.2, 0.25) is 0 Å². The van der Waals surface area contributed by atoms with Crippen LogP contribution in [0.1, 0.15) is 32.3 Å². The maximum Gasteiger partial charge on any atom is 0.342 e. The van der Waals surface area contributed by atoms with E-state index in [9.17, 15) is 14.7 Å². The lowest BCUT2D eigenvalue weighted by Gasteiger charge is -2.26. The molecule has 0 radical (unpaired) electrons. The van der Waals surface area contributed by atoms with Crippen molar-refractivity contribution in [2.75, 3.05) is 7.05 Å². The Morgan fingerprint density at radius 1 is 1.20 bits per heavy atom. The quantitative estimate of drug-likeness (QED) is 0.613. The first kappa shape index (κ1) is 16.2. The molecule has 0 amide bonds. The third-order valence-corrected chi connectivity index (χ3v) is 3.49. The molecule has 5 nitrogen and oxygen atoms in total. The number of nitrogens with zero attached hydrogens (tertiary/aromatic N) is 1. The summed E-state index contributed by atoms with van der Waals surface area (Å²) in [5, 5.41) is 10.6. The van der Waals surface area contributed by atoms with Gasteiger partial charge in [-0.25, -0.2) is 4.79 Å². The van der Waals surface area contributed by atoms with Gasteiger partial charge in [0.05, 0.1) is 6.54 Å². The Kier molecular flexibility index (Phi) is 5.70. The van der Waals surface area contributed by atoms with Crippen molar-refractivity contribution >= 4 is 11.9 Å². The summed E-state index contributed by atoms with van der Waals surface area (Å²) in [6.07, 6.45) is 0.410. The van der Waals surface area contributed by atoms with Crippen molar-refractivity contribution in [2.24, 2.45) is 5.41 Å². The van der Waals surface area contributed by atoms with Gasteiger partial charge in [0, 0.05) is 7.05 Å². The summed E-state index contributed by atoms with van der Waals surface area (Å²) in [4.78, 5) is 28.6. The number of carbonyl (C=O) groups is 2. The normalized spacial score (nSPS) is 11.4. The summed E-state index contributed by atoms with van der Waals surface area (Å²) in [5.74, 6) is -1.85. The van der Waals surface area contributed by atoms with Gasteiger partial charge in [0.1, 0.15) is 0 Å². The Hall–Kier alpha value is -1.88. The highest BCUT2D eigenvalue weighted by molar-refractivity contribution is 5.98. The average Bonchev–Trinajstić information content (AvgIpc) is 2.41. The standard InChI is InChI=1S/C15H21NO4/c1-4-15(5-2,13(17)18)14(19)20-16(3)11-12-9-7-6-8-10-12/h6-10H,4-5,11H2,1-3H3,(H,17,18). The molecular weight excluding hydrogens is 258 g/mol. The van der Waals surface area contributed by atoms with Crippen molar-refractivity contribution < 1.29 is 19.5 Å². The van der Waals surface area contributed by atoms with Gasteiger partial charge in [0.2, 0.25) is 0 Å². The average molecular weight is 279 g/mol. The van der Waals surface area contributed by atoms with Crippen molar-refractivity contribution in [3.8, 4) is 0 Å². The Morgan fingerprint density at radius 3 is 2.20 bits per heavy atom. The summed E-state index contributed by atoms with van der Waals surface area (Å²) in [5.41, 5.74) is -0.484. The predicted molar refractivity (Wildman–Crippen MR) is 74.7 cm³/mol. The van der Waals surface area contributed by atoms with Crippen LogP contribution < -0.4 is 0 Å². The van der Waals surface area contributed by atoms with Gasteiger partial charge in [-0.05, 0) is 18.4 Å². The first-order valence-corrected chi connectivity index (χ1v) is 6.67. The summed E-state index contributed by atoms with van der Waals surface area (Å²) in [7, 11) is 1.61. The first-order chi connectivity index (χ1) is 9.46. The molecule has 1 aromatic carbocycles. The van der Waals surface area contributed by atoms with Gasteiger partial charge in [-0.1, -0.05) is 44.2 Å². The minimum Gasteiger partial charge on any atom is -0.480 e. The molecule has 0 saturated carbocycles. The van der Waals surface area contributed by atoms with Gasteiger partial charge in [0.15, 0.2) is 5.41 Å². The second-order valence-electron chi connectivity index (χ2n) is 4.74. The van der Waals surface area contributed by atoms with E-state index < -0.39 is 17.4 Å². The molecule has 0 aliphatic carbocycles. The third kappa shape index (κ3) is 3.57. The van der Waals surface area contributed by atoms with E-state index in [1.165, 1.54) is 5.06 Å². The molecule has 0 unspecified atom stereocenters. The predicted octanol–water partition coefficient (Wildman–Crippen LogP) is 2.47. The maximum atomic E-state index is 12.1. The molecule has 0 atom stereocenters. The van der Waals surface area contributed by atoms with Crippen LogP contribution in [-0.2, 0) is 21.0 Å². The highest BCUT2D eigenvalue weighted by Gasteiger charge is 2.45. The molecule has 0 aliphatic heterocycles. The summed E-state index contributed by atoms with van der Waals surface area (Å²) >= 11 is 0. The second-order valence-corrected chi connectivity index (χ2v) is 4.74. The minimum absolute atomic E-state index is 0.205. The zero-order valence-electron chi connectivity index (χ0n) is 12.1. The number of hydrogen-bond donors (Lipinski definition) is 1. The molecular formula is C15H21NO4. The van der Waals surface area contributed by atoms with Crippen LogP contribution in [-0.4, -0.2) is 29.2 Å². The molecule has 5 heteroatoms. The molecule has 0 bridgehead atoms. The van der Waals surface area contributed by atoms with Gasteiger partial charge in [-0.2, -0.15) is 0 Å². The SMILES string of the molecule is CCC(CC)(C(=O)O)C(=O)ON(C)Cc1ccccc1. The number of carboxylic acids is 1. The van der Waals surface area contributed by atoms with Crippen LogP contribution in [0.5, 0.6) is 0 Å². The van der Waals surface area contributed by atoms with E-state index in [-0.39, 0.29) is 12.8 Å². The molecule has 0 fully saturated rings. The molecule has 0 aliphatic rings. The largest absolute Gasteiger partial charge is 0.480 e. The minimum atomic E-state index is -1.47. The number of carboxylic acid groups (broad SMARTS) is 1. The summed E-state index contributed by atoms with van der Waals surface area (Å²) in [6, 6.07) is 9.51. The fraction of sp³-hybridized carbons (Fsp3) is 0.467. The summed E-state index contributed by atoms with van der Waals surface area (Å²) < 4.78 is 0. The van der Waals surface area contributed by atoms with Gasteiger partial charge < -0.3 is 9.94 Å². The molecule has 1 rings (SSSR count). The van der Waals surface area contributed by atoms with Gasteiger partial charge >= 0.3 is 11.9 Å². The number of hydroxylamine groups is 2. The van der Waals surface area contributed by atoms with Gasteiger partial charge in [-0.15, -0.1) is 5.06 Å². The van der Waals surface area contributed by atoms with Crippen LogP contribution in [0.3, 0.4) is 0 Å². The van der Waals surface area contributed by atoms with E-state index >= 15 is 0 Å². The van der Waals surface area contributed by atoms with Crippen LogP contribution in [0.4, 0.5) is 0 Å². The molecule has 1 aromatic rings. The molecule has 0 aromatic heterocycles. The number of hydrogen-bond acceptors (Lipinski definition) is 4. The Bertz CT molecular complexity index is 454. The van der Waals surface area contributed by atoms with E-state index in [1.54, 1.807) is 20.9 Å². The van der Waals surface area contributed by atoms with E-state index in [2.05, 4.69) is 0 Å². The third-order valence-electron chi connectivity index (χ3n) is 3.49. The monoisotopic (exact) mass is 279 g/mol. The van der Waals surface area contributed by atoms with Crippen molar-refractivity contribution in [2.45, 2.75) is 33.2 Å². The van der Waals surface area contributed by atoms with E-state index in [0.29, 0.717) is 6.54 Å². The zero-order chi connectivity index (χ0) is 15.2. The van der Waals surface area contributed by atoms with Crippen LogP contribution >= 0.6 is 0 Å². The fourth-order valence-electron chi connectivity index (χ4n) is 2.03. The van der Waals surface area contributed by atoms with E-state index in [1.807, 2.05) is 30.3 Å². The summed E-state index contributed by atoms with van der Waals surface area (Å²) in [6.45, 7) is 3.77. The van der Waals surface area contributed by atoms with Gasteiger partial charge in [0.25, 0.3) is 0 Å². The van der Waals surface area contributed by atoms with Crippen molar-refractivity contribution in [3.63, 3.8) is 0 Å². The fourth-order valence-corrected chi connectivity index (χ4v) is 2.03. The maximum absolute atomic E-state index is 12.1. The Labute approximate surface area is 119 Å². The molecule has 0 heterocycles. The van der Waals surface area contributed by atoms with E-state index in [0.717, 1.165) is 5.56 Å². The Balaban J connectivity index is 2.71. The molecule has 110 valence electrons. The lowest BCUT2D eigenvalue weighted by Crippen LogP contribution is -2.42. The zero-order valence-corrected chi connectivity index (χ0v) is 12.1. The van der Waals surface area contributed by atoms with Gasteiger partial charge in [-0.3, -0.25) is 4.79 Å². The smallest absolute Gasteiger partial charge is 0.342 e. The topological polar surface area (TPSA) is 66.8 Å². The lowest BCUT2D eigenvalue weighted by molar-refractivity contribution is -0.203. The number of carbonyl (C=O) groups excluding carboxylic acids is 1. The number of aliphatic carboxylic acids is 1. The van der Waals surface area contributed by atoms with Crippen molar-refractivity contribution in [3.05, 3.63) is 35.9 Å². The van der Waals surface area contributed by atoms with E-state index in [4.69, 9.17) is 4.84 Å². The molecule has 0 spiro atoms. The van der Waals surface area contributed by atoms with Crippen molar-refractivity contribution in [1.82, 2.24) is 5.06 Å². The molecule has 1 N–H and O–H groups in total. The number of rotatable bonds is 7. The molecule has 20 heavy (non-hydrogen) atoms. The highest BCUT2D eigenvalue weighted by Crippen LogP contribution is 2.29. The Morgan fingerprint density at radius 2 is 1.75 bits per heavy atom. The number of benzene rings is 1. The van der Waals surface area contributed by atoms with Crippen LogP contribution in [0, 0.1) is 5.41 Å². The van der Waals surface area contributed by atoms with Crippen molar-refractivity contribution in [1.29, 1.82) is 0 Å². The second kappa shape index (κ2) is 7.05. The van der Waals surface area contributed by atoms with Crippen LogP contribution in [0.25, 0.3) is 0 Å². The van der Waals surface area contributed by atoms with Crippen LogP contribution in [0.15, 0.2) is 30.3 Å². The molecule has 0 saturated heterocycles. The lowest BCUT2D eigenvalue weighted by atomic mass is 9.83.